The Balaban J connectivity index is 2.01. The number of H-pyrrole nitrogens is 1. The summed E-state index contributed by atoms with van der Waals surface area (Å²) in [5.74, 6) is 0. The van der Waals surface area contributed by atoms with Crippen LogP contribution in [0.4, 0.5) is 0 Å². The normalized spacial score (nSPS) is 11.5. The molecule has 0 aliphatic carbocycles. The van der Waals surface area contributed by atoms with E-state index in [4.69, 9.17) is 0 Å². The van der Waals surface area contributed by atoms with E-state index in [9.17, 15) is 0 Å². The van der Waals surface area contributed by atoms with Gasteiger partial charge in [-0.2, -0.15) is 5.10 Å². The van der Waals surface area contributed by atoms with E-state index in [0.717, 1.165) is 21.5 Å². The molecule has 2 aromatic heterocycles. The van der Waals surface area contributed by atoms with Crippen LogP contribution in [0.5, 0.6) is 0 Å². The van der Waals surface area contributed by atoms with Crippen molar-refractivity contribution < 1.29 is 0 Å². The number of hydrogen-bond acceptors (Lipinski definition) is 3. The van der Waals surface area contributed by atoms with Gasteiger partial charge in [0.25, 0.3) is 0 Å². The van der Waals surface area contributed by atoms with E-state index in [1.54, 1.807) is 6.20 Å². The molecule has 0 amide bonds. The largest absolute Gasteiger partial charge is 0.277 e. The highest BCUT2D eigenvalue weighted by atomic mass is 32.1. The van der Waals surface area contributed by atoms with Gasteiger partial charge in [-0.3, -0.25) is 5.10 Å². The summed E-state index contributed by atoms with van der Waals surface area (Å²) < 4.78 is 4.05. The lowest BCUT2D eigenvalue weighted by Crippen LogP contribution is -1.71. The fraction of sp³-hybridized carbons (Fsp3) is 0. The minimum absolute atomic E-state index is 0.962. The molecule has 0 spiro atoms. The summed E-state index contributed by atoms with van der Waals surface area (Å²) in [4.78, 5) is 1.13. The average molecular weight is 227 g/mol. The molecule has 0 radical (unpaired) electrons. The van der Waals surface area contributed by atoms with Crippen molar-refractivity contribution in [3.8, 4) is 0 Å². The summed E-state index contributed by atoms with van der Waals surface area (Å²) in [6.07, 6.45) is 5.83. The van der Waals surface area contributed by atoms with Crippen LogP contribution in [0.3, 0.4) is 0 Å². The summed E-state index contributed by atoms with van der Waals surface area (Å²) in [7, 11) is 0. The number of hydrogen-bond donors (Lipinski definition) is 1. The minimum Gasteiger partial charge on any atom is -0.277 e. The smallest absolute Gasteiger partial charge is 0.0927 e. The first kappa shape index (κ1) is 9.30. The van der Waals surface area contributed by atoms with Crippen molar-refractivity contribution in [2.75, 3.05) is 0 Å². The van der Waals surface area contributed by atoms with Gasteiger partial charge in [0.05, 0.1) is 11.2 Å². The predicted octanol–water partition coefficient (Wildman–Crippen LogP) is 3.19. The van der Waals surface area contributed by atoms with Crippen LogP contribution in [0.25, 0.3) is 23.1 Å². The van der Waals surface area contributed by atoms with E-state index >= 15 is 0 Å². The number of fused-ring (bicyclic) bond motifs is 1. The first-order valence-electron chi connectivity index (χ1n) is 4.95. The maximum absolute atomic E-state index is 4.27. The Morgan fingerprint density at radius 3 is 2.94 bits per heavy atom. The molecule has 16 heavy (non-hydrogen) atoms. The molecule has 78 valence electrons. The minimum atomic E-state index is 0.962. The Morgan fingerprint density at radius 1 is 1.12 bits per heavy atom. The molecule has 0 saturated heterocycles. The number of nitrogens with zero attached hydrogens (tertiary/aromatic N) is 2. The monoisotopic (exact) mass is 227 g/mol. The number of para-hydroxylation sites is 1. The van der Waals surface area contributed by atoms with Gasteiger partial charge in [-0.1, -0.05) is 18.2 Å². The van der Waals surface area contributed by atoms with Crippen LogP contribution in [0.2, 0.25) is 0 Å². The zero-order chi connectivity index (χ0) is 10.8. The van der Waals surface area contributed by atoms with Gasteiger partial charge in [-0.15, -0.1) is 0 Å². The third-order valence-corrected chi connectivity index (χ3v) is 3.07. The van der Waals surface area contributed by atoms with Crippen LogP contribution in [-0.4, -0.2) is 14.6 Å². The standard InChI is InChI=1S/C12H9N3S/c1-2-4-11-10(3-1)12(15-14-11)6-5-9-7-8-13-16-9/h1-8H,(H,14,15). The van der Waals surface area contributed by atoms with Crippen LogP contribution in [0.1, 0.15) is 10.6 Å². The van der Waals surface area contributed by atoms with Gasteiger partial charge in [0.2, 0.25) is 0 Å². The van der Waals surface area contributed by atoms with Crippen LogP contribution in [-0.2, 0) is 0 Å². The second-order valence-corrected chi connectivity index (χ2v) is 4.27. The van der Waals surface area contributed by atoms with Gasteiger partial charge in [-0.25, -0.2) is 4.37 Å². The second kappa shape index (κ2) is 3.90. The summed E-state index contributed by atoms with van der Waals surface area (Å²) >= 11 is 1.48. The number of aromatic amines is 1. The van der Waals surface area contributed by atoms with Gasteiger partial charge in [0.1, 0.15) is 0 Å². The second-order valence-electron chi connectivity index (χ2n) is 3.40. The summed E-state index contributed by atoms with van der Waals surface area (Å²) in [6.45, 7) is 0. The highest BCUT2D eigenvalue weighted by Crippen LogP contribution is 2.18. The molecule has 1 N–H and O–H groups in total. The van der Waals surface area contributed by atoms with Crippen molar-refractivity contribution in [2.24, 2.45) is 0 Å². The molecule has 0 bridgehead atoms. The number of benzene rings is 1. The molecule has 4 heteroatoms. The van der Waals surface area contributed by atoms with Crippen molar-refractivity contribution >= 4 is 34.6 Å². The van der Waals surface area contributed by atoms with Gasteiger partial charge in [0, 0.05) is 16.5 Å². The molecule has 1 aromatic carbocycles. The highest BCUT2D eigenvalue weighted by Gasteiger charge is 2.00. The van der Waals surface area contributed by atoms with E-state index in [0.29, 0.717) is 0 Å². The Labute approximate surface area is 96.6 Å². The zero-order valence-corrected chi connectivity index (χ0v) is 9.24. The molecule has 0 aliphatic heterocycles. The molecular formula is C12H9N3S. The Hall–Kier alpha value is -1.94. The molecule has 2 heterocycles. The lowest BCUT2D eigenvalue weighted by molar-refractivity contribution is 1.11. The topological polar surface area (TPSA) is 41.6 Å². The number of aromatic nitrogens is 3. The quantitative estimate of drug-likeness (QED) is 0.730. The first-order valence-corrected chi connectivity index (χ1v) is 5.73. The van der Waals surface area contributed by atoms with Gasteiger partial charge >= 0.3 is 0 Å². The molecule has 0 aliphatic rings. The van der Waals surface area contributed by atoms with Crippen molar-refractivity contribution in [3.05, 3.63) is 47.1 Å². The van der Waals surface area contributed by atoms with Crippen molar-refractivity contribution in [3.63, 3.8) is 0 Å². The molecular weight excluding hydrogens is 218 g/mol. The molecule has 3 nitrogen and oxygen atoms in total. The number of rotatable bonds is 2. The van der Waals surface area contributed by atoms with Crippen LogP contribution >= 0.6 is 11.5 Å². The third kappa shape index (κ3) is 1.63. The molecule has 3 aromatic rings. The van der Waals surface area contributed by atoms with Crippen molar-refractivity contribution in [1.82, 2.24) is 14.6 Å². The molecule has 0 saturated carbocycles. The van der Waals surface area contributed by atoms with E-state index in [1.165, 1.54) is 11.5 Å². The van der Waals surface area contributed by atoms with E-state index < -0.39 is 0 Å². The highest BCUT2D eigenvalue weighted by molar-refractivity contribution is 7.06. The molecule has 0 fully saturated rings. The van der Waals surface area contributed by atoms with E-state index in [1.807, 2.05) is 36.4 Å². The van der Waals surface area contributed by atoms with Crippen LogP contribution < -0.4 is 0 Å². The first-order chi connectivity index (χ1) is 7.93. The molecule has 0 atom stereocenters. The van der Waals surface area contributed by atoms with Crippen molar-refractivity contribution in [2.45, 2.75) is 0 Å². The Morgan fingerprint density at radius 2 is 2.06 bits per heavy atom. The Bertz CT molecular complexity index is 623. The third-order valence-electron chi connectivity index (χ3n) is 2.36. The molecule has 3 rings (SSSR count). The lowest BCUT2D eigenvalue weighted by Gasteiger charge is -1.87. The predicted molar refractivity (Wildman–Crippen MR) is 67.1 cm³/mol. The van der Waals surface area contributed by atoms with E-state index in [2.05, 4.69) is 20.6 Å². The van der Waals surface area contributed by atoms with Gasteiger partial charge < -0.3 is 0 Å². The number of nitrogens with one attached hydrogen (secondary N) is 1. The summed E-state index contributed by atoms with van der Waals surface area (Å²) in [5, 5.41) is 8.41. The van der Waals surface area contributed by atoms with Gasteiger partial charge in [-0.05, 0) is 35.8 Å². The van der Waals surface area contributed by atoms with Crippen molar-refractivity contribution in [1.29, 1.82) is 0 Å². The van der Waals surface area contributed by atoms with E-state index in [-0.39, 0.29) is 0 Å². The zero-order valence-electron chi connectivity index (χ0n) is 8.42. The fourth-order valence-electron chi connectivity index (χ4n) is 1.58. The molecule has 0 unspecified atom stereocenters. The van der Waals surface area contributed by atoms with Gasteiger partial charge in [0.15, 0.2) is 0 Å². The van der Waals surface area contributed by atoms with Crippen LogP contribution in [0.15, 0.2) is 36.5 Å². The SMILES string of the molecule is C(=Cc1n[nH]c2ccccc12)c1ccns1. The lowest BCUT2D eigenvalue weighted by atomic mass is 10.2. The van der Waals surface area contributed by atoms with Crippen LogP contribution in [0, 0.1) is 0 Å². The fourth-order valence-corrected chi connectivity index (χ4v) is 2.08. The maximum atomic E-state index is 4.27. The maximum Gasteiger partial charge on any atom is 0.0927 e. The average Bonchev–Trinajstić information content (AvgIpc) is 2.96. The summed E-state index contributed by atoms with van der Waals surface area (Å²) in [5.41, 5.74) is 2.02. The Kier molecular flexibility index (Phi) is 2.27. The summed E-state index contributed by atoms with van der Waals surface area (Å²) in [6, 6.07) is 10.1.